The van der Waals surface area contributed by atoms with E-state index in [2.05, 4.69) is 35.7 Å². The van der Waals surface area contributed by atoms with E-state index < -0.39 is 0 Å². The summed E-state index contributed by atoms with van der Waals surface area (Å²) in [5, 5.41) is 1.12. The van der Waals surface area contributed by atoms with E-state index in [0.717, 1.165) is 33.8 Å². The summed E-state index contributed by atoms with van der Waals surface area (Å²) >= 11 is 0. The van der Waals surface area contributed by atoms with E-state index in [1.54, 1.807) is 0 Å². The van der Waals surface area contributed by atoms with Crippen molar-refractivity contribution in [1.82, 2.24) is 15.0 Å². The maximum absolute atomic E-state index is 4.63. The molecule has 0 bridgehead atoms. The zero-order valence-corrected chi connectivity index (χ0v) is 11.4. The highest BCUT2D eigenvalue weighted by Gasteiger charge is 2.15. The molecular formula is C14H19N3. The molecule has 0 aliphatic heterocycles. The van der Waals surface area contributed by atoms with Crippen LogP contribution in [-0.4, -0.2) is 15.0 Å². The average molecular weight is 229 g/mol. The molecule has 3 nitrogen and oxygen atoms in total. The van der Waals surface area contributed by atoms with Crippen molar-refractivity contribution >= 4 is 10.9 Å². The van der Waals surface area contributed by atoms with E-state index in [0.29, 0.717) is 5.92 Å². The first-order valence-electron chi connectivity index (χ1n) is 6.04. The summed E-state index contributed by atoms with van der Waals surface area (Å²) in [6.45, 7) is 12.4. The lowest BCUT2D eigenvalue weighted by Crippen LogP contribution is -2.05. The number of hydrogen-bond donors (Lipinski definition) is 0. The molecule has 2 aromatic rings. The van der Waals surface area contributed by atoms with Gasteiger partial charge in [-0.3, -0.25) is 4.98 Å². The number of pyridine rings is 1. The Hall–Kier alpha value is -1.51. The highest BCUT2D eigenvalue weighted by molar-refractivity contribution is 5.86. The third-order valence-corrected chi connectivity index (χ3v) is 3.12. The summed E-state index contributed by atoms with van der Waals surface area (Å²) in [7, 11) is 0. The molecule has 3 heteroatoms. The first-order chi connectivity index (χ1) is 7.91. The summed E-state index contributed by atoms with van der Waals surface area (Å²) in [5.41, 5.74) is 5.47. The summed E-state index contributed by atoms with van der Waals surface area (Å²) in [4.78, 5) is 13.7. The highest BCUT2D eigenvalue weighted by atomic mass is 14.9. The van der Waals surface area contributed by atoms with Crippen LogP contribution in [0.25, 0.3) is 10.9 Å². The molecule has 0 saturated carbocycles. The van der Waals surface area contributed by atoms with Gasteiger partial charge in [0.15, 0.2) is 0 Å². The summed E-state index contributed by atoms with van der Waals surface area (Å²) in [6, 6.07) is 0. The predicted octanol–water partition coefficient (Wildman–Crippen LogP) is 3.38. The predicted molar refractivity (Wildman–Crippen MR) is 70.4 cm³/mol. The molecule has 90 valence electrons. The van der Waals surface area contributed by atoms with Crippen molar-refractivity contribution in [3.05, 3.63) is 28.5 Å². The smallest absolute Gasteiger partial charge is 0.126 e. The molecule has 0 spiro atoms. The van der Waals surface area contributed by atoms with Gasteiger partial charge in [0.25, 0.3) is 0 Å². The third kappa shape index (κ3) is 1.90. The quantitative estimate of drug-likeness (QED) is 0.752. The Morgan fingerprint density at radius 3 is 1.94 bits per heavy atom. The molecule has 0 aromatic carbocycles. The molecule has 0 amide bonds. The van der Waals surface area contributed by atoms with Gasteiger partial charge in [-0.1, -0.05) is 13.8 Å². The van der Waals surface area contributed by atoms with Crippen LogP contribution in [0.3, 0.4) is 0 Å². The van der Waals surface area contributed by atoms with E-state index in [9.17, 15) is 0 Å². The van der Waals surface area contributed by atoms with Crippen LogP contribution < -0.4 is 0 Å². The van der Waals surface area contributed by atoms with Crippen LogP contribution >= 0.6 is 0 Å². The van der Waals surface area contributed by atoms with Crippen molar-refractivity contribution in [2.45, 2.75) is 47.5 Å². The van der Waals surface area contributed by atoms with Crippen molar-refractivity contribution in [2.24, 2.45) is 0 Å². The van der Waals surface area contributed by atoms with Crippen molar-refractivity contribution in [3.63, 3.8) is 0 Å². The second-order valence-electron chi connectivity index (χ2n) is 4.93. The standard InChI is InChI=1S/C14H19N3/c1-7(2)12-8(3)15-9(4)13-10(5)16-11(6)17-14(12)13/h7H,1-6H3. The fraction of sp³-hybridized carbons (Fsp3) is 0.500. The van der Waals surface area contributed by atoms with Crippen LogP contribution in [0.4, 0.5) is 0 Å². The second kappa shape index (κ2) is 4.06. The molecule has 2 rings (SSSR count). The molecule has 0 N–H and O–H groups in total. The molecule has 0 aliphatic rings. The molecule has 0 unspecified atom stereocenters. The topological polar surface area (TPSA) is 38.7 Å². The van der Waals surface area contributed by atoms with Crippen LogP contribution in [0, 0.1) is 27.7 Å². The lowest BCUT2D eigenvalue weighted by atomic mass is 9.97. The van der Waals surface area contributed by atoms with Gasteiger partial charge in [-0.2, -0.15) is 0 Å². The van der Waals surface area contributed by atoms with E-state index in [-0.39, 0.29) is 0 Å². The maximum Gasteiger partial charge on any atom is 0.126 e. The number of rotatable bonds is 1. The monoisotopic (exact) mass is 229 g/mol. The third-order valence-electron chi connectivity index (χ3n) is 3.12. The van der Waals surface area contributed by atoms with Gasteiger partial charge < -0.3 is 0 Å². The van der Waals surface area contributed by atoms with Gasteiger partial charge in [0.1, 0.15) is 5.82 Å². The van der Waals surface area contributed by atoms with Gasteiger partial charge >= 0.3 is 0 Å². The second-order valence-corrected chi connectivity index (χ2v) is 4.93. The lowest BCUT2D eigenvalue weighted by molar-refractivity contribution is 0.843. The number of hydrogen-bond acceptors (Lipinski definition) is 3. The Morgan fingerprint density at radius 2 is 1.35 bits per heavy atom. The molecule has 0 fully saturated rings. The number of nitrogens with zero attached hydrogens (tertiary/aromatic N) is 3. The summed E-state index contributed by atoms with van der Waals surface area (Å²) in [6.07, 6.45) is 0. The Labute approximate surface area is 102 Å². The molecule has 2 aromatic heterocycles. The first-order valence-corrected chi connectivity index (χ1v) is 6.04. The molecule has 0 atom stereocenters. The fourth-order valence-electron chi connectivity index (χ4n) is 2.57. The van der Waals surface area contributed by atoms with Crippen LogP contribution in [-0.2, 0) is 0 Å². The van der Waals surface area contributed by atoms with Crippen LogP contribution in [0.15, 0.2) is 0 Å². The minimum atomic E-state index is 0.430. The van der Waals surface area contributed by atoms with Crippen LogP contribution in [0.2, 0.25) is 0 Å². The first kappa shape index (κ1) is 12.0. The zero-order valence-electron chi connectivity index (χ0n) is 11.4. The van der Waals surface area contributed by atoms with E-state index in [1.807, 2.05) is 20.8 Å². The molecule has 0 radical (unpaired) electrons. The molecule has 2 heterocycles. The Kier molecular flexibility index (Phi) is 2.86. The number of aryl methyl sites for hydroxylation is 4. The van der Waals surface area contributed by atoms with Gasteiger partial charge in [0, 0.05) is 22.3 Å². The van der Waals surface area contributed by atoms with Gasteiger partial charge in [0.2, 0.25) is 0 Å². The maximum atomic E-state index is 4.63. The fourth-order valence-corrected chi connectivity index (χ4v) is 2.57. The minimum absolute atomic E-state index is 0.430. The summed E-state index contributed by atoms with van der Waals surface area (Å²) in [5.74, 6) is 1.27. The van der Waals surface area contributed by atoms with Crippen molar-refractivity contribution < 1.29 is 0 Å². The Morgan fingerprint density at radius 1 is 0.765 bits per heavy atom. The van der Waals surface area contributed by atoms with E-state index in [1.165, 1.54) is 5.56 Å². The van der Waals surface area contributed by atoms with E-state index >= 15 is 0 Å². The van der Waals surface area contributed by atoms with E-state index in [4.69, 9.17) is 0 Å². The number of fused-ring (bicyclic) bond motifs is 1. The minimum Gasteiger partial charge on any atom is -0.257 e. The van der Waals surface area contributed by atoms with Crippen molar-refractivity contribution in [1.29, 1.82) is 0 Å². The molecular weight excluding hydrogens is 210 g/mol. The highest BCUT2D eigenvalue weighted by Crippen LogP contribution is 2.29. The van der Waals surface area contributed by atoms with Crippen molar-refractivity contribution in [2.75, 3.05) is 0 Å². The van der Waals surface area contributed by atoms with Crippen LogP contribution in [0.5, 0.6) is 0 Å². The van der Waals surface area contributed by atoms with Gasteiger partial charge in [-0.15, -0.1) is 0 Å². The molecule has 0 aliphatic carbocycles. The van der Waals surface area contributed by atoms with Gasteiger partial charge in [-0.25, -0.2) is 9.97 Å². The largest absolute Gasteiger partial charge is 0.257 e. The van der Waals surface area contributed by atoms with Gasteiger partial charge in [-0.05, 0) is 33.6 Å². The number of aromatic nitrogens is 3. The molecule has 0 saturated heterocycles. The zero-order chi connectivity index (χ0) is 12.7. The normalized spacial score (nSPS) is 11.5. The Bertz CT molecular complexity index is 578. The SMILES string of the molecule is Cc1nc(C)c2c(C)nc(C)c(C(C)C)c2n1. The van der Waals surface area contributed by atoms with Gasteiger partial charge in [0.05, 0.1) is 11.2 Å². The molecule has 17 heavy (non-hydrogen) atoms. The summed E-state index contributed by atoms with van der Waals surface area (Å²) < 4.78 is 0. The Balaban J connectivity index is 3.00. The lowest BCUT2D eigenvalue weighted by Gasteiger charge is -2.15. The average Bonchev–Trinajstić information content (AvgIpc) is 2.13. The van der Waals surface area contributed by atoms with Crippen molar-refractivity contribution in [3.8, 4) is 0 Å². The van der Waals surface area contributed by atoms with Crippen LogP contribution in [0.1, 0.15) is 48.2 Å².